The summed E-state index contributed by atoms with van der Waals surface area (Å²) in [4.78, 5) is 13.0. The lowest BCUT2D eigenvalue weighted by atomic mass is 9.89. The molecule has 2 N–H and O–H groups in total. The summed E-state index contributed by atoms with van der Waals surface area (Å²) in [5.41, 5.74) is 5.37. The van der Waals surface area contributed by atoms with Crippen molar-refractivity contribution in [3.63, 3.8) is 0 Å². The fourth-order valence-electron chi connectivity index (χ4n) is 4.07. The summed E-state index contributed by atoms with van der Waals surface area (Å²) in [6.07, 6.45) is 4.63. The Labute approximate surface area is 200 Å². The van der Waals surface area contributed by atoms with Crippen molar-refractivity contribution in [2.45, 2.75) is 50.5 Å². The third-order valence-corrected chi connectivity index (χ3v) is 7.73. The first-order valence-electron chi connectivity index (χ1n) is 11.0. The average molecular weight is 483 g/mol. The van der Waals surface area contributed by atoms with E-state index < -0.39 is 10.0 Å². The van der Waals surface area contributed by atoms with Crippen LogP contribution >= 0.6 is 11.6 Å². The number of sulfonamides is 1. The van der Waals surface area contributed by atoms with Gasteiger partial charge in [-0.3, -0.25) is 9.52 Å². The van der Waals surface area contributed by atoms with E-state index in [1.165, 1.54) is 42.2 Å². The maximum Gasteiger partial charge on any atom is 0.261 e. The minimum absolute atomic E-state index is 0.157. The van der Waals surface area contributed by atoms with Gasteiger partial charge in [0.05, 0.1) is 27.2 Å². The number of aryl methyl sites for hydroxylation is 3. The maximum atomic E-state index is 12.9. The van der Waals surface area contributed by atoms with Gasteiger partial charge in [-0.1, -0.05) is 47.5 Å². The summed E-state index contributed by atoms with van der Waals surface area (Å²) in [6, 6.07) is 17.3. The molecule has 0 saturated heterocycles. The minimum atomic E-state index is -3.75. The van der Waals surface area contributed by atoms with Gasteiger partial charge in [0.15, 0.2) is 0 Å². The number of benzene rings is 3. The van der Waals surface area contributed by atoms with E-state index in [-0.39, 0.29) is 21.9 Å². The number of rotatable bonds is 6. The highest BCUT2D eigenvalue weighted by atomic mass is 35.5. The SMILES string of the molecule is Cc1ccc(S(=O)(=O)Nc2ccc(C(=O)NC(C)c3ccc4c(c3)CCCC4)c(Cl)c2)cc1. The summed E-state index contributed by atoms with van der Waals surface area (Å²) in [5.74, 6) is -0.307. The molecule has 0 aromatic heterocycles. The lowest BCUT2D eigenvalue weighted by Crippen LogP contribution is -2.27. The van der Waals surface area contributed by atoms with Crippen molar-refractivity contribution in [1.29, 1.82) is 0 Å². The molecule has 1 aliphatic rings. The Hall–Kier alpha value is -2.83. The van der Waals surface area contributed by atoms with E-state index in [1.807, 2.05) is 13.8 Å². The number of nitrogens with one attached hydrogen (secondary N) is 2. The van der Waals surface area contributed by atoms with Crippen molar-refractivity contribution in [3.05, 3.63) is 93.5 Å². The molecule has 33 heavy (non-hydrogen) atoms. The van der Waals surface area contributed by atoms with Gasteiger partial charge in [0, 0.05) is 0 Å². The topological polar surface area (TPSA) is 75.3 Å². The molecule has 1 atom stereocenters. The summed E-state index contributed by atoms with van der Waals surface area (Å²) in [7, 11) is -3.75. The third kappa shape index (κ3) is 5.40. The molecule has 1 unspecified atom stereocenters. The van der Waals surface area contributed by atoms with Gasteiger partial charge >= 0.3 is 0 Å². The Kier molecular flexibility index (Phi) is 6.77. The molecule has 0 aliphatic heterocycles. The van der Waals surface area contributed by atoms with Crippen LogP contribution in [0.1, 0.15) is 58.4 Å². The summed E-state index contributed by atoms with van der Waals surface area (Å²) in [5, 5.41) is 3.17. The van der Waals surface area contributed by atoms with Crippen molar-refractivity contribution in [3.8, 4) is 0 Å². The van der Waals surface area contributed by atoms with Crippen LogP contribution in [0.25, 0.3) is 0 Å². The molecule has 0 spiro atoms. The molecule has 0 heterocycles. The molecule has 0 bridgehead atoms. The quantitative estimate of drug-likeness (QED) is 0.465. The Balaban J connectivity index is 1.46. The number of halogens is 1. The maximum absolute atomic E-state index is 12.9. The monoisotopic (exact) mass is 482 g/mol. The van der Waals surface area contributed by atoms with Crippen molar-refractivity contribution in [2.24, 2.45) is 0 Å². The number of amides is 1. The summed E-state index contributed by atoms with van der Waals surface area (Å²) >= 11 is 6.35. The molecule has 5 nitrogen and oxygen atoms in total. The van der Waals surface area contributed by atoms with Crippen LogP contribution in [0.5, 0.6) is 0 Å². The fourth-order valence-corrected chi connectivity index (χ4v) is 5.39. The van der Waals surface area contributed by atoms with Crippen molar-refractivity contribution in [1.82, 2.24) is 5.32 Å². The molecular formula is C26H27ClN2O3S. The first-order valence-corrected chi connectivity index (χ1v) is 12.9. The molecule has 4 rings (SSSR count). The lowest BCUT2D eigenvalue weighted by Gasteiger charge is -2.20. The zero-order chi connectivity index (χ0) is 23.6. The van der Waals surface area contributed by atoms with Gasteiger partial charge in [0.1, 0.15) is 0 Å². The van der Waals surface area contributed by atoms with Crippen molar-refractivity contribution >= 4 is 33.2 Å². The Morgan fingerprint density at radius 2 is 1.64 bits per heavy atom. The number of hydrogen-bond donors (Lipinski definition) is 2. The molecule has 172 valence electrons. The number of carbonyl (C=O) groups is 1. The molecule has 1 amide bonds. The predicted octanol–water partition coefficient (Wildman–Crippen LogP) is 5.82. The molecule has 0 fully saturated rings. The van der Waals surface area contributed by atoms with Crippen LogP contribution in [0.3, 0.4) is 0 Å². The lowest BCUT2D eigenvalue weighted by molar-refractivity contribution is 0.0940. The zero-order valence-electron chi connectivity index (χ0n) is 18.7. The van der Waals surface area contributed by atoms with Crippen LogP contribution in [-0.4, -0.2) is 14.3 Å². The second-order valence-corrected chi connectivity index (χ2v) is 10.6. The number of hydrogen-bond acceptors (Lipinski definition) is 3. The van der Waals surface area contributed by atoms with Crippen LogP contribution in [0.2, 0.25) is 5.02 Å². The van der Waals surface area contributed by atoms with E-state index in [9.17, 15) is 13.2 Å². The van der Waals surface area contributed by atoms with Gasteiger partial charge in [-0.05, 0) is 86.6 Å². The van der Waals surface area contributed by atoms with E-state index >= 15 is 0 Å². The second-order valence-electron chi connectivity index (χ2n) is 8.54. The first kappa shape index (κ1) is 23.3. The average Bonchev–Trinajstić information content (AvgIpc) is 2.78. The Bertz CT molecular complexity index is 1290. The largest absolute Gasteiger partial charge is 0.345 e. The standard InChI is InChI=1S/C26H27ClN2O3S/c1-17-7-12-23(13-8-17)33(31,32)29-22-11-14-24(25(27)16-22)26(30)28-18(2)20-10-9-19-5-3-4-6-21(19)15-20/h7-16,18,29H,3-6H2,1-2H3,(H,28,30). The van der Waals surface area contributed by atoms with Crippen LogP contribution in [-0.2, 0) is 22.9 Å². The molecular weight excluding hydrogens is 456 g/mol. The van der Waals surface area contributed by atoms with Gasteiger partial charge in [0.2, 0.25) is 0 Å². The van der Waals surface area contributed by atoms with Crippen LogP contribution in [0.4, 0.5) is 5.69 Å². The van der Waals surface area contributed by atoms with E-state index in [1.54, 1.807) is 24.3 Å². The minimum Gasteiger partial charge on any atom is -0.345 e. The predicted molar refractivity (Wildman–Crippen MR) is 132 cm³/mol. The zero-order valence-corrected chi connectivity index (χ0v) is 20.3. The normalized spacial score (nSPS) is 14.3. The molecule has 7 heteroatoms. The fraction of sp³-hybridized carbons (Fsp3) is 0.269. The van der Waals surface area contributed by atoms with E-state index in [2.05, 4.69) is 28.2 Å². The molecule has 3 aromatic rings. The highest BCUT2D eigenvalue weighted by Crippen LogP contribution is 2.27. The van der Waals surface area contributed by atoms with Gasteiger partial charge < -0.3 is 5.32 Å². The van der Waals surface area contributed by atoms with E-state index in [4.69, 9.17) is 11.6 Å². The highest BCUT2D eigenvalue weighted by Gasteiger charge is 2.19. The van der Waals surface area contributed by atoms with Crippen LogP contribution in [0, 0.1) is 6.92 Å². The number of carbonyl (C=O) groups excluding carboxylic acids is 1. The van der Waals surface area contributed by atoms with Crippen LogP contribution in [0.15, 0.2) is 65.6 Å². The first-order chi connectivity index (χ1) is 15.7. The summed E-state index contributed by atoms with van der Waals surface area (Å²) < 4.78 is 27.7. The number of anilines is 1. The molecule has 1 aliphatic carbocycles. The van der Waals surface area contributed by atoms with Gasteiger partial charge in [-0.15, -0.1) is 0 Å². The molecule has 0 saturated carbocycles. The van der Waals surface area contributed by atoms with Gasteiger partial charge in [0.25, 0.3) is 15.9 Å². The summed E-state index contributed by atoms with van der Waals surface area (Å²) in [6.45, 7) is 3.83. The van der Waals surface area contributed by atoms with E-state index in [0.29, 0.717) is 11.3 Å². The van der Waals surface area contributed by atoms with Gasteiger partial charge in [-0.25, -0.2) is 8.42 Å². The molecule has 0 radical (unpaired) electrons. The third-order valence-electron chi connectivity index (χ3n) is 6.02. The Morgan fingerprint density at radius 3 is 2.33 bits per heavy atom. The highest BCUT2D eigenvalue weighted by molar-refractivity contribution is 7.92. The molecule has 3 aromatic carbocycles. The van der Waals surface area contributed by atoms with Gasteiger partial charge in [-0.2, -0.15) is 0 Å². The number of fused-ring (bicyclic) bond motifs is 1. The second kappa shape index (κ2) is 9.57. The van der Waals surface area contributed by atoms with E-state index in [0.717, 1.165) is 24.0 Å². The smallest absolute Gasteiger partial charge is 0.261 e. The van der Waals surface area contributed by atoms with Crippen LogP contribution < -0.4 is 10.0 Å². The van der Waals surface area contributed by atoms with Crippen molar-refractivity contribution < 1.29 is 13.2 Å². The Morgan fingerprint density at radius 1 is 0.939 bits per heavy atom. The van der Waals surface area contributed by atoms with Crippen molar-refractivity contribution in [2.75, 3.05) is 4.72 Å².